The highest BCUT2D eigenvalue weighted by atomic mass is 35.7. The molecule has 3 aromatic rings. The van der Waals surface area contributed by atoms with E-state index in [-0.39, 0.29) is 5.03 Å². The summed E-state index contributed by atoms with van der Waals surface area (Å²) in [5, 5.41) is 4.03. The second-order valence-electron chi connectivity index (χ2n) is 4.08. The summed E-state index contributed by atoms with van der Waals surface area (Å²) in [6.07, 6.45) is 6.46. The molecule has 0 unspecified atom stereocenters. The number of pyridine rings is 1. The zero-order chi connectivity index (χ0) is 13.6. The highest BCUT2D eigenvalue weighted by Crippen LogP contribution is 2.22. The predicted octanol–water partition coefficient (Wildman–Crippen LogP) is 1.66. The Bertz CT molecular complexity index is 866. The Morgan fingerprint density at radius 2 is 1.95 bits per heavy atom. The first-order valence-electron chi connectivity index (χ1n) is 5.36. The molecule has 0 atom stereocenters. The van der Waals surface area contributed by atoms with Crippen LogP contribution in [0.25, 0.3) is 16.8 Å². The van der Waals surface area contributed by atoms with Crippen LogP contribution < -0.4 is 0 Å². The molecule has 6 nitrogen and oxygen atoms in total. The van der Waals surface area contributed by atoms with E-state index in [0.717, 1.165) is 11.1 Å². The molecule has 98 valence electrons. The van der Waals surface area contributed by atoms with Gasteiger partial charge in [-0.15, -0.1) is 0 Å². The van der Waals surface area contributed by atoms with Crippen molar-refractivity contribution in [1.82, 2.24) is 19.2 Å². The molecular formula is C11H9ClN4O2S. The molecule has 0 saturated heterocycles. The summed E-state index contributed by atoms with van der Waals surface area (Å²) >= 11 is 0. The van der Waals surface area contributed by atoms with Crippen molar-refractivity contribution < 1.29 is 8.42 Å². The van der Waals surface area contributed by atoms with Gasteiger partial charge in [0.25, 0.3) is 9.05 Å². The lowest BCUT2D eigenvalue weighted by atomic mass is 10.2. The number of hydrogen-bond acceptors (Lipinski definition) is 4. The maximum Gasteiger partial charge on any atom is 0.278 e. The smallest absolute Gasteiger partial charge is 0.278 e. The van der Waals surface area contributed by atoms with E-state index in [0.29, 0.717) is 5.65 Å². The molecule has 0 aliphatic heterocycles. The summed E-state index contributed by atoms with van der Waals surface area (Å²) in [4.78, 5) is 4.00. The number of fused-ring (bicyclic) bond motifs is 1. The van der Waals surface area contributed by atoms with E-state index in [9.17, 15) is 8.42 Å². The van der Waals surface area contributed by atoms with Gasteiger partial charge in [-0.25, -0.2) is 13.4 Å². The summed E-state index contributed by atoms with van der Waals surface area (Å²) in [7, 11) is 3.36. The molecule has 0 aliphatic carbocycles. The standard InChI is InChI=1S/C11H9ClN4O2S/c1-15-6-9(4-14-15)8-2-3-10-13-5-11(16(10)7-8)19(12,17)18/h2-7H,1H3. The molecule has 0 aliphatic rings. The number of hydrogen-bond donors (Lipinski definition) is 0. The lowest BCUT2D eigenvalue weighted by Gasteiger charge is -2.01. The minimum absolute atomic E-state index is 0.0464. The fourth-order valence-electron chi connectivity index (χ4n) is 1.88. The summed E-state index contributed by atoms with van der Waals surface area (Å²) in [6.45, 7) is 0. The number of halogens is 1. The molecule has 0 radical (unpaired) electrons. The molecule has 0 N–H and O–H groups in total. The molecule has 0 spiro atoms. The summed E-state index contributed by atoms with van der Waals surface area (Å²) in [6, 6.07) is 3.58. The molecule has 3 heterocycles. The Morgan fingerprint density at radius 3 is 2.58 bits per heavy atom. The van der Waals surface area contributed by atoms with Crippen LogP contribution >= 0.6 is 10.7 Å². The van der Waals surface area contributed by atoms with E-state index in [1.807, 2.05) is 19.3 Å². The molecule has 0 bridgehead atoms. The normalized spacial score (nSPS) is 12.1. The van der Waals surface area contributed by atoms with Gasteiger partial charge < -0.3 is 0 Å². The number of rotatable bonds is 2. The average Bonchev–Trinajstić information content (AvgIpc) is 2.92. The van der Waals surface area contributed by atoms with Crippen molar-refractivity contribution in [2.45, 2.75) is 5.03 Å². The third kappa shape index (κ3) is 2.11. The van der Waals surface area contributed by atoms with Crippen LogP contribution in [0, 0.1) is 0 Å². The van der Waals surface area contributed by atoms with Crippen molar-refractivity contribution in [1.29, 1.82) is 0 Å². The van der Waals surface area contributed by atoms with Crippen LogP contribution in [0.2, 0.25) is 0 Å². The summed E-state index contributed by atoms with van der Waals surface area (Å²) < 4.78 is 26.0. The van der Waals surface area contributed by atoms with Crippen LogP contribution in [0.15, 0.2) is 41.9 Å². The van der Waals surface area contributed by atoms with E-state index >= 15 is 0 Å². The van der Waals surface area contributed by atoms with Crippen LogP contribution in [0.1, 0.15) is 0 Å². The molecule has 0 amide bonds. The third-order valence-corrected chi connectivity index (χ3v) is 4.04. The monoisotopic (exact) mass is 296 g/mol. The van der Waals surface area contributed by atoms with Gasteiger partial charge in [0.15, 0.2) is 5.03 Å². The van der Waals surface area contributed by atoms with Crippen LogP contribution in [0.4, 0.5) is 0 Å². The van der Waals surface area contributed by atoms with E-state index < -0.39 is 9.05 Å². The largest absolute Gasteiger partial charge is 0.289 e. The zero-order valence-corrected chi connectivity index (χ0v) is 11.4. The summed E-state index contributed by atoms with van der Waals surface area (Å²) in [5.74, 6) is 0. The Balaban J connectivity index is 2.25. The van der Waals surface area contributed by atoms with E-state index in [1.54, 1.807) is 23.1 Å². The predicted molar refractivity (Wildman–Crippen MR) is 70.4 cm³/mol. The first-order valence-corrected chi connectivity index (χ1v) is 7.67. The molecule has 0 saturated carbocycles. The van der Waals surface area contributed by atoms with Crippen molar-refractivity contribution in [2.24, 2.45) is 7.05 Å². The van der Waals surface area contributed by atoms with Crippen molar-refractivity contribution in [3.8, 4) is 11.1 Å². The van der Waals surface area contributed by atoms with Gasteiger partial charge in [0.1, 0.15) is 5.65 Å². The Labute approximate surface area is 113 Å². The molecule has 8 heteroatoms. The lowest BCUT2D eigenvalue weighted by molar-refractivity contribution is 0.605. The molecule has 3 aromatic heterocycles. The van der Waals surface area contributed by atoms with Gasteiger partial charge in [-0.05, 0) is 12.1 Å². The highest BCUT2D eigenvalue weighted by Gasteiger charge is 2.16. The molecule has 0 fully saturated rings. The quantitative estimate of drug-likeness (QED) is 0.674. The minimum atomic E-state index is -3.83. The molecule has 0 aromatic carbocycles. The number of aryl methyl sites for hydroxylation is 1. The van der Waals surface area contributed by atoms with Gasteiger partial charge in [0.2, 0.25) is 0 Å². The number of nitrogens with zero attached hydrogens (tertiary/aromatic N) is 4. The van der Waals surface area contributed by atoms with Gasteiger partial charge in [-0.2, -0.15) is 5.10 Å². The second-order valence-corrected chi connectivity index (χ2v) is 6.60. The molecular weight excluding hydrogens is 288 g/mol. The van der Waals surface area contributed by atoms with E-state index in [1.165, 1.54) is 10.6 Å². The Hall–Kier alpha value is -1.86. The minimum Gasteiger partial charge on any atom is -0.289 e. The van der Waals surface area contributed by atoms with Crippen LogP contribution in [0.3, 0.4) is 0 Å². The van der Waals surface area contributed by atoms with Crippen LogP contribution in [0.5, 0.6) is 0 Å². The average molecular weight is 297 g/mol. The van der Waals surface area contributed by atoms with Crippen molar-refractivity contribution in [2.75, 3.05) is 0 Å². The SMILES string of the molecule is Cn1cc(-c2ccc3ncc(S(=O)(=O)Cl)n3c2)cn1. The molecule has 3 rings (SSSR count). The van der Waals surface area contributed by atoms with Crippen LogP contribution in [-0.2, 0) is 16.1 Å². The van der Waals surface area contributed by atoms with Gasteiger partial charge in [-0.3, -0.25) is 9.08 Å². The molecule has 19 heavy (non-hydrogen) atoms. The maximum absolute atomic E-state index is 11.4. The lowest BCUT2D eigenvalue weighted by Crippen LogP contribution is -1.97. The van der Waals surface area contributed by atoms with Gasteiger partial charge in [0.05, 0.1) is 12.4 Å². The van der Waals surface area contributed by atoms with Crippen LogP contribution in [-0.4, -0.2) is 27.6 Å². The van der Waals surface area contributed by atoms with Gasteiger partial charge >= 0.3 is 0 Å². The fourth-order valence-corrected chi connectivity index (χ4v) is 2.78. The van der Waals surface area contributed by atoms with Crippen molar-refractivity contribution in [3.63, 3.8) is 0 Å². The van der Waals surface area contributed by atoms with E-state index in [4.69, 9.17) is 10.7 Å². The maximum atomic E-state index is 11.4. The van der Waals surface area contributed by atoms with E-state index in [2.05, 4.69) is 10.1 Å². The third-order valence-electron chi connectivity index (χ3n) is 2.76. The Morgan fingerprint density at radius 1 is 1.16 bits per heavy atom. The summed E-state index contributed by atoms with van der Waals surface area (Å²) in [5.41, 5.74) is 2.24. The Kier molecular flexibility index (Phi) is 2.61. The highest BCUT2D eigenvalue weighted by molar-refractivity contribution is 8.13. The topological polar surface area (TPSA) is 69.3 Å². The first-order chi connectivity index (χ1) is 8.95. The van der Waals surface area contributed by atoms with Crippen molar-refractivity contribution in [3.05, 3.63) is 36.9 Å². The first kappa shape index (κ1) is 12.2. The number of aromatic nitrogens is 4. The van der Waals surface area contributed by atoms with Crippen molar-refractivity contribution >= 4 is 25.4 Å². The second kappa shape index (κ2) is 4.07. The number of imidazole rings is 1. The van der Waals surface area contributed by atoms with Gasteiger partial charge in [0, 0.05) is 41.3 Å². The zero-order valence-electron chi connectivity index (χ0n) is 9.86. The van der Waals surface area contributed by atoms with Gasteiger partial charge in [-0.1, -0.05) is 0 Å². The fraction of sp³-hybridized carbons (Fsp3) is 0.0909.